The smallest absolute Gasteiger partial charge is 0.305 e. The summed E-state index contributed by atoms with van der Waals surface area (Å²) >= 11 is 0. The van der Waals surface area contributed by atoms with Crippen LogP contribution in [0, 0.1) is 0 Å². The van der Waals surface area contributed by atoms with Gasteiger partial charge in [-0.2, -0.15) is 0 Å². The van der Waals surface area contributed by atoms with Gasteiger partial charge >= 0.3 is 7.48 Å². The largest absolute Gasteiger partial charge is 0.449 e. The lowest BCUT2D eigenvalue weighted by Crippen LogP contribution is -2.24. The fourth-order valence-corrected chi connectivity index (χ4v) is 1.66. The van der Waals surface area contributed by atoms with Gasteiger partial charge < -0.3 is 15.1 Å². The van der Waals surface area contributed by atoms with Gasteiger partial charge in [-0.15, -0.1) is 0 Å². The van der Waals surface area contributed by atoms with Gasteiger partial charge in [0.2, 0.25) is 5.91 Å². The third kappa shape index (κ3) is 4.59. The Hall–Kier alpha value is -1.33. The monoisotopic (exact) mass is 235 g/mol. The Morgan fingerprint density at radius 1 is 1.53 bits per heavy atom. The number of carbonyl (C=O) groups excluding carboxylic acids is 1. The molecule has 0 heterocycles. The van der Waals surface area contributed by atoms with Crippen LogP contribution in [0.2, 0.25) is 0 Å². The molecule has 0 aliphatic rings. The SMILES string of the molecule is COCc1ccc(CCNC(C)=O)cc1BO. The van der Waals surface area contributed by atoms with Crippen molar-refractivity contribution in [2.75, 3.05) is 13.7 Å². The number of carbonyl (C=O) groups is 1. The summed E-state index contributed by atoms with van der Waals surface area (Å²) in [5.41, 5.74) is 2.98. The molecule has 1 aromatic rings. The fourth-order valence-electron chi connectivity index (χ4n) is 1.66. The average Bonchev–Trinajstić information content (AvgIpc) is 2.30. The summed E-state index contributed by atoms with van der Waals surface area (Å²) in [5.74, 6) is -0.0246. The third-order valence-corrected chi connectivity index (χ3v) is 2.53. The highest BCUT2D eigenvalue weighted by atomic mass is 16.5. The van der Waals surface area contributed by atoms with E-state index >= 15 is 0 Å². The first-order valence-corrected chi connectivity index (χ1v) is 5.62. The summed E-state index contributed by atoms with van der Waals surface area (Å²) in [6.07, 6.45) is 0.764. The molecule has 0 bridgehead atoms. The highest BCUT2D eigenvalue weighted by Gasteiger charge is 2.04. The molecule has 4 nitrogen and oxygen atoms in total. The van der Waals surface area contributed by atoms with Crippen LogP contribution in [0.3, 0.4) is 0 Å². The van der Waals surface area contributed by atoms with Crippen LogP contribution < -0.4 is 10.8 Å². The van der Waals surface area contributed by atoms with Crippen LogP contribution >= 0.6 is 0 Å². The van der Waals surface area contributed by atoms with Crippen LogP contribution in [-0.2, 0) is 22.6 Å². The minimum atomic E-state index is -0.0246. The lowest BCUT2D eigenvalue weighted by molar-refractivity contribution is -0.118. The van der Waals surface area contributed by atoms with Gasteiger partial charge in [0.15, 0.2) is 0 Å². The molecule has 0 fully saturated rings. The van der Waals surface area contributed by atoms with Crippen LogP contribution in [0.25, 0.3) is 0 Å². The molecule has 5 heteroatoms. The zero-order chi connectivity index (χ0) is 12.7. The van der Waals surface area contributed by atoms with E-state index < -0.39 is 0 Å². The van der Waals surface area contributed by atoms with E-state index in [4.69, 9.17) is 4.74 Å². The number of benzene rings is 1. The Kier molecular flexibility index (Phi) is 5.73. The van der Waals surface area contributed by atoms with Crippen molar-refractivity contribution >= 4 is 18.9 Å². The topological polar surface area (TPSA) is 58.6 Å². The molecule has 0 spiro atoms. The first-order chi connectivity index (χ1) is 8.17. The Balaban J connectivity index is 2.65. The van der Waals surface area contributed by atoms with Crippen molar-refractivity contribution < 1.29 is 14.6 Å². The van der Waals surface area contributed by atoms with Crippen LogP contribution in [0.15, 0.2) is 18.2 Å². The molecule has 0 atom stereocenters. The first kappa shape index (κ1) is 13.7. The minimum absolute atomic E-state index is 0.00662. The fraction of sp³-hybridized carbons (Fsp3) is 0.417. The predicted molar refractivity (Wildman–Crippen MR) is 68.5 cm³/mol. The number of hydrogen-bond acceptors (Lipinski definition) is 3. The number of amides is 1. The molecule has 0 saturated carbocycles. The molecule has 1 rings (SSSR count). The predicted octanol–water partition coefficient (Wildman–Crippen LogP) is -0.519. The lowest BCUT2D eigenvalue weighted by atomic mass is 9.83. The highest BCUT2D eigenvalue weighted by molar-refractivity contribution is 6.46. The van der Waals surface area contributed by atoms with Crippen LogP contribution in [0.4, 0.5) is 0 Å². The Labute approximate surface area is 102 Å². The molecule has 92 valence electrons. The third-order valence-electron chi connectivity index (χ3n) is 2.53. The maximum atomic E-state index is 10.7. The van der Waals surface area contributed by atoms with Crippen LogP contribution in [-0.4, -0.2) is 32.1 Å². The summed E-state index contributed by atoms with van der Waals surface area (Å²) in [5, 5.41) is 12.0. The van der Waals surface area contributed by atoms with E-state index in [0.29, 0.717) is 13.2 Å². The molecular formula is C12H18BNO3. The van der Waals surface area contributed by atoms with E-state index in [1.165, 1.54) is 6.92 Å². The van der Waals surface area contributed by atoms with Gasteiger partial charge in [0, 0.05) is 20.6 Å². The second kappa shape index (κ2) is 7.09. The summed E-state index contributed by atoms with van der Waals surface area (Å²) in [7, 11) is 1.64. The van der Waals surface area contributed by atoms with E-state index in [9.17, 15) is 9.82 Å². The molecule has 17 heavy (non-hydrogen) atoms. The molecule has 2 N–H and O–H groups in total. The molecule has 1 aromatic carbocycles. The van der Waals surface area contributed by atoms with E-state index in [1.54, 1.807) is 7.11 Å². The lowest BCUT2D eigenvalue weighted by Gasteiger charge is -2.09. The Morgan fingerprint density at radius 2 is 2.29 bits per heavy atom. The van der Waals surface area contributed by atoms with E-state index in [2.05, 4.69) is 5.32 Å². The van der Waals surface area contributed by atoms with Crippen molar-refractivity contribution in [3.63, 3.8) is 0 Å². The Bertz CT molecular complexity index is 382. The van der Waals surface area contributed by atoms with Gasteiger partial charge in [0.1, 0.15) is 0 Å². The summed E-state index contributed by atoms with van der Waals surface area (Å²) in [6.45, 7) is 2.62. The molecule has 0 aliphatic carbocycles. The standard InChI is InChI=1S/C12H18BNO3/c1-9(15)14-6-5-10-3-4-11(8-17-2)12(7-10)13-16/h3-4,7,13,16H,5-6,8H2,1-2H3,(H,14,15). The number of methoxy groups -OCH3 is 1. The Morgan fingerprint density at radius 3 is 2.88 bits per heavy atom. The van der Waals surface area contributed by atoms with Gasteiger partial charge in [-0.25, -0.2) is 0 Å². The van der Waals surface area contributed by atoms with Crippen molar-refractivity contribution in [1.82, 2.24) is 5.32 Å². The van der Waals surface area contributed by atoms with Crippen molar-refractivity contribution in [1.29, 1.82) is 0 Å². The molecule has 0 aliphatic heterocycles. The van der Waals surface area contributed by atoms with Crippen molar-refractivity contribution in [3.8, 4) is 0 Å². The summed E-state index contributed by atoms with van der Waals surface area (Å²) < 4.78 is 5.05. The van der Waals surface area contributed by atoms with Crippen LogP contribution in [0.1, 0.15) is 18.1 Å². The number of hydrogen-bond donors (Lipinski definition) is 2. The summed E-state index contributed by atoms with van der Waals surface area (Å²) in [4.78, 5) is 10.7. The highest BCUT2D eigenvalue weighted by Crippen LogP contribution is 2.03. The van der Waals surface area contributed by atoms with Gasteiger partial charge in [-0.3, -0.25) is 4.79 Å². The van der Waals surface area contributed by atoms with Gasteiger partial charge in [-0.05, 0) is 23.0 Å². The van der Waals surface area contributed by atoms with Crippen molar-refractivity contribution in [3.05, 3.63) is 29.3 Å². The molecular weight excluding hydrogens is 217 g/mol. The second-order valence-electron chi connectivity index (χ2n) is 3.93. The normalized spacial score (nSPS) is 10.1. The molecule has 1 amide bonds. The molecule has 0 radical (unpaired) electrons. The van der Waals surface area contributed by atoms with Crippen LogP contribution in [0.5, 0.6) is 0 Å². The zero-order valence-corrected chi connectivity index (χ0v) is 10.3. The molecule has 0 unspecified atom stereocenters. The average molecular weight is 235 g/mol. The maximum Gasteiger partial charge on any atom is 0.305 e. The van der Waals surface area contributed by atoms with E-state index in [0.717, 1.165) is 23.0 Å². The second-order valence-corrected chi connectivity index (χ2v) is 3.93. The zero-order valence-electron chi connectivity index (χ0n) is 10.3. The number of ether oxygens (including phenoxy) is 1. The van der Waals surface area contributed by atoms with Crippen molar-refractivity contribution in [2.24, 2.45) is 0 Å². The van der Waals surface area contributed by atoms with Gasteiger partial charge in [0.05, 0.1) is 6.61 Å². The number of rotatable bonds is 6. The van der Waals surface area contributed by atoms with Gasteiger partial charge in [0.25, 0.3) is 0 Å². The summed E-state index contributed by atoms with van der Waals surface area (Å²) in [6, 6.07) is 5.91. The van der Waals surface area contributed by atoms with Gasteiger partial charge in [-0.1, -0.05) is 18.2 Å². The molecule has 0 saturated heterocycles. The van der Waals surface area contributed by atoms with Crippen molar-refractivity contribution in [2.45, 2.75) is 20.0 Å². The molecule has 0 aromatic heterocycles. The maximum absolute atomic E-state index is 10.7. The quantitative estimate of drug-likeness (QED) is 0.652. The van der Waals surface area contributed by atoms with E-state index in [1.807, 2.05) is 18.2 Å². The minimum Gasteiger partial charge on any atom is -0.449 e. The van der Waals surface area contributed by atoms with E-state index in [-0.39, 0.29) is 13.4 Å². The number of nitrogens with one attached hydrogen (secondary N) is 1. The first-order valence-electron chi connectivity index (χ1n) is 5.62.